The molecular weight excluding hydrogens is 262 g/mol. The first-order valence-corrected chi connectivity index (χ1v) is 7.16. The highest BCUT2D eigenvalue weighted by Crippen LogP contribution is 2.32. The highest BCUT2D eigenvalue weighted by atomic mass is 16.2. The summed E-state index contributed by atoms with van der Waals surface area (Å²) in [5, 5.41) is 11.1. The number of aromatic nitrogens is 2. The quantitative estimate of drug-likeness (QED) is 0.768. The number of hydrogen-bond donors (Lipinski definition) is 2. The van der Waals surface area contributed by atoms with Gasteiger partial charge in [0.15, 0.2) is 5.82 Å². The van der Waals surface area contributed by atoms with E-state index in [-0.39, 0.29) is 11.8 Å². The second kappa shape index (κ2) is 4.74. The number of H-pyrrole nitrogens is 1. The Labute approximate surface area is 122 Å². The van der Waals surface area contributed by atoms with Crippen LogP contribution in [0.3, 0.4) is 0 Å². The highest BCUT2D eigenvalue weighted by molar-refractivity contribution is 6.02. The number of anilines is 1. The number of aromatic amines is 1. The van der Waals surface area contributed by atoms with E-state index in [4.69, 9.17) is 0 Å². The molecule has 1 saturated carbocycles. The van der Waals surface area contributed by atoms with Crippen LogP contribution < -0.4 is 5.32 Å². The maximum absolute atomic E-state index is 11.9. The number of rotatable bonds is 3. The second-order valence-corrected chi connectivity index (χ2v) is 5.46. The van der Waals surface area contributed by atoms with Crippen molar-refractivity contribution in [3.8, 4) is 11.1 Å². The SMILES string of the molecule is O=C(Nc1n[nH]c2ccc(-c3ccccc3)cc12)C1CC1. The Morgan fingerprint density at radius 1 is 1.10 bits per heavy atom. The zero-order chi connectivity index (χ0) is 14.2. The molecule has 1 aromatic heterocycles. The molecule has 2 aromatic carbocycles. The van der Waals surface area contributed by atoms with Crippen LogP contribution in [0.15, 0.2) is 48.5 Å². The number of benzene rings is 2. The first-order valence-electron chi connectivity index (χ1n) is 7.16. The van der Waals surface area contributed by atoms with Gasteiger partial charge in [0.1, 0.15) is 0 Å². The molecular formula is C17H15N3O. The van der Waals surface area contributed by atoms with Crippen molar-refractivity contribution in [1.29, 1.82) is 0 Å². The molecule has 4 rings (SSSR count). The van der Waals surface area contributed by atoms with E-state index < -0.39 is 0 Å². The van der Waals surface area contributed by atoms with Crippen molar-refractivity contribution in [1.82, 2.24) is 10.2 Å². The summed E-state index contributed by atoms with van der Waals surface area (Å²) < 4.78 is 0. The van der Waals surface area contributed by atoms with Gasteiger partial charge in [0, 0.05) is 11.3 Å². The molecule has 0 spiro atoms. The van der Waals surface area contributed by atoms with Crippen molar-refractivity contribution in [2.45, 2.75) is 12.8 Å². The van der Waals surface area contributed by atoms with Crippen molar-refractivity contribution in [3.63, 3.8) is 0 Å². The molecule has 0 aliphatic heterocycles. The minimum atomic E-state index is 0.0773. The minimum Gasteiger partial charge on any atom is -0.308 e. The van der Waals surface area contributed by atoms with E-state index >= 15 is 0 Å². The van der Waals surface area contributed by atoms with Crippen LogP contribution in [0.25, 0.3) is 22.0 Å². The fraction of sp³-hybridized carbons (Fsp3) is 0.176. The molecule has 0 bridgehead atoms. The lowest BCUT2D eigenvalue weighted by molar-refractivity contribution is -0.117. The largest absolute Gasteiger partial charge is 0.308 e. The maximum atomic E-state index is 11.9. The van der Waals surface area contributed by atoms with Gasteiger partial charge in [0.05, 0.1) is 5.52 Å². The van der Waals surface area contributed by atoms with Crippen molar-refractivity contribution < 1.29 is 4.79 Å². The molecule has 1 aliphatic carbocycles. The molecule has 0 unspecified atom stereocenters. The van der Waals surface area contributed by atoms with Gasteiger partial charge in [-0.3, -0.25) is 9.89 Å². The molecule has 0 atom stereocenters. The third-order valence-corrected chi connectivity index (χ3v) is 3.86. The van der Waals surface area contributed by atoms with Gasteiger partial charge < -0.3 is 5.32 Å². The molecule has 2 N–H and O–H groups in total. The Hall–Kier alpha value is -2.62. The topological polar surface area (TPSA) is 57.8 Å². The van der Waals surface area contributed by atoms with Crippen LogP contribution in [-0.2, 0) is 4.79 Å². The lowest BCUT2D eigenvalue weighted by Gasteiger charge is -2.03. The van der Waals surface area contributed by atoms with Crippen molar-refractivity contribution >= 4 is 22.6 Å². The summed E-state index contributed by atoms with van der Waals surface area (Å²) in [6.45, 7) is 0. The lowest BCUT2D eigenvalue weighted by atomic mass is 10.0. The van der Waals surface area contributed by atoms with Gasteiger partial charge in [0.2, 0.25) is 5.91 Å². The van der Waals surface area contributed by atoms with Crippen LogP contribution in [0.2, 0.25) is 0 Å². The lowest BCUT2D eigenvalue weighted by Crippen LogP contribution is -2.13. The van der Waals surface area contributed by atoms with Gasteiger partial charge in [-0.05, 0) is 36.1 Å². The number of amides is 1. The van der Waals surface area contributed by atoms with Gasteiger partial charge in [-0.25, -0.2) is 0 Å². The van der Waals surface area contributed by atoms with E-state index in [0.29, 0.717) is 5.82 Å². The van der Waals surface area contributed by atoms with Crippen molar-refractivity contribution in [2.24, 2.45) is 5.92 Å². The Kier molecular flexibility index (Phi) is 2.74. The smallest absolute Gasteiger partial charge is 0.228 e. The van der Waals surface area contributed by atoms with E-state index in [1.165, 1.54) is 0 Å². The summed E-state index contributed by atoms with van der Waals surface area (Å²) >= 11 is 0. The Morgan fingerprint density at radius 2 is 1.90 bits per heavy atom. The van der Waals surface area contributed by atoms with Crippen LogP contribution in [0, 0.1) is 5.92 Å². The van der Waals surface area contributed by atoms with Gasteiger partial charge in [-0.2, -0.15) is 5.10 Å². The normalized spacial score (nSPS) is 14.3. The third kappa shape index (κ3) is 2.29. The van der Waals surface area contributed by atoms with Gasteiger partial charge >= 0.3 is 0 Å². The molecule has 1 fully saturated rings. The Morgan fingerprint density at radius 3 is 2.67 bits per heavy atom. The zero-order valence-corrected chi connectivity index (χ0v) is 11.5. The van der Waals surface area contributed by atoms with Gasteiger partial charge in [-0.15, -0.1) is 0 Å². The predicted molar refractivity (Wildman–Crippen MR) is 82.9 cm³/mol. The molecule has 3 aromatic rings. The average molecular weight is 277 g/mol. The van der Waals surface area contributed by atoms with Crippen molar-refractivity contribution in [3.05, 3.63) is 48.5 Å². The van der Waals surface area contributed by atoms with Crippen LogP contribution in [0.4, 0.5) is 5.82 Å². The Bertz CT molecular complexity index is 803. The number of carbonyl (C=O) groups excluding carboxylic acids is 1. The number of hydrogen-bond acceptors (Lipinski definition) is 2. The standard InChI is InChI=1S/C17H15N3O/c21-17(12-6-7-12)18-16-14-10-13(8-9-15(14)19-20-16)11-4-2-1-3-5-11/h1-5,8-10,12H,6-7H2,(H2,18,19,20,21). The van der Waals surface area contributed by atoms with Crippen LogP contribution in [0.5, 0.6) is 0 Å². The second-order valence-electron chi connectivity index (χ2n) is 5.46. The summed E-state index contributed by atoms with van der Waals surface area (Å²) in [6.07, 6.45) is 1.98. The third-order valence-electron chi connectivity index (χ3n) is 3.86. The summed E-state index contributed by atoms with van der Waals surface area (Å²) in [7, 11) is 0. The summed E-state index contributed by atoms with van der Waals surface area (Å²) in [6, 6.07) is 16.3. The number of fused-ring (bicyclic) bond motifs is 1. The van der Waals surface area contributed by atoms with Crippen LogP contribution in [-0.4, -0.2) is 16.1 Å². The molecule has 4 heteroatoms. The molecule has 4 nitrogen and oxygen atoms in total. The Balaban J connectivity index is 1.73. The molecule has 1 amide bonds. The zero-order valence-electron chi connectivity index (χ0n) is 11.5. The molecule has 1 aliphatic rings. The first kappa shape index (κ1) is 12.1. The summed E-state index contributed by atoms with van der Waals surface area (Å²) in [4.78, 5) is 11.9. The van der Waals surface area contributed by atoms with Crippen molar-refractivity contribution in [2.75, 3.05) is 5.32 Å². The summed E-state index contributed by atoms with van der Waals surface area (Å²) in [5.41, 5.74) is 3.20. The maximum Gasteiger partial charge on any atom is 0.228 e. The van der Waals surface area contributed by atoms with E-state index in [9.17, 15) is 4.79 Å². The monoisotopic (exact) mass is 277 g/mol. The number of nitrogens with one attached hydrogen (secondary N) is 2. The molecule has 0 saturated heterocycles. The van der Waals surface area contributed by atoms with E-state index in [1.54, 1.807) is 0 Å². The first-order chi connectivity index (χ1) is 10.3. The highest BCUT2D eigenvalue weighted by Gasteiger charge is 2.30. The minimum absolute atomic E-state index is 0.0773. The number of nitrogens with zero attached hydrogens (tertiary/aromatic N) is 1. The molecule has 1 heterocycles. The van der Waals surface area contributed by atoms with Gasteiger partial charge in [-0.1, -0.05) is 36.4 Å². The van der Waals surface area contributed by atoms with E-state index in [1.807, 2.05) is 24.3 Å². The molecule has 104 valence electrons. The fourth-order valence-corrected chi connectivity index (χ4v) is 2.48. The van der Waals surface area contributed by atoms with Crippen LogP contribution >= 0.6 is 0 Å². The van der Waals surface area contributed by atoms with Crippen LogP contribution in [0.1, 0.15) is 12.8 Å². The summed E-state index contributed by atoms with van der Waals surface area (Å²) in [5.74, 6) is 0.877. The van der Waals surface area contributed by atoms with E-state index in [2.05, 4.69) is 39.8 Å². The molecule has 0 radical (unpaired) electrons. The van der Waals surface area contributed by atoms with E-state index in [0.717, 1.165) is 34.9 Å². The average Bonchev–Trinajstić information content (AvgIpc) is 3.31. The predicted octanol–water partition coefficient (Wildman–Crippen LogP) is 3.58. The number of carbonyl (C=O) groups is 1. The fourth-order valence-electron chi connectivity index (χ4n) is 2.48. The van der Waals surface area contributed by atoms with Gasteiger partial charge in [0.25, 0.3) is 0 Å². The molecule has 21 heavy (non-hydrogen) atoms.